The second kappa shape index (κ2) is 17.9. The second-order valence-corrected chi connectivity index (χ2v) is 19.0. The number of methoxy groups -OCH3 is 2. The van der Waals surface area contributed by atoms with Crippen molar-refractivity contribution in [2.45, 2.75) is 96.6 Å². The highest BCUT2D eigenvalue weighted by atomic mass is 16.5. The number of piperidine rings is 2. The number of carbonyl (C=O) groups is 5. The minimum absolute atomic E-state index is 0.0405. The van der Waals surface area contributed by atoms with Gasteiger partial charge in [-0.25, -0.2) is 0 Å². The summed E-state index contributed by atoms with van der Waals surface area (Å²) in [6, 6.07) is 19.3. The van der Waals surface area contributed by atoms with E-state index >= 15 is 0 Å². The fourth-order valence-corrected chi connectivity index (χ4v) is 10.8. The predicted octanol–water partition coefficient (Wildman–Crippen LogP) is 5.35. The van der Waals surface area contributed by atoms with Crippen molar-refractivity contribution in [3.05, 3.63) is 82.9 Å². The highest BCUT2D eigenvalue weighted by Crippen LogP contribution is 2.55. The molecule has 2 N–H and O–H groups in total. The lowest BCUT2D eigenvalue weighted by Gasteiger charge is -2.63. The van der Waals surface area contributed by atoms with E-state index in [4.69, 9.17) is 18.9 Å². The number of fused-ring (bicyclic) bond motifs is 1. The molecule has 0 radical (unpaired) electrons. The van der Waals surface area contributed by atoms with Crippen LogP contribution in [0.5, 0.6) is 17.2 Å². The van der Waals surface area contributed by atoms with Gasteiger partial charge in [0, 0.05) is 92.8 Å². The molecule has 0 bridgehead atoms. The molecule has 3 heterocycles. The summed E-state index contributed by atoms with van der Waals surface area (Å²) < 4.78 is 23.6. The molecular weight excluding hydrogens is 817 g/mol. The monoisotopic (exact) mass is 874 g/mol. The van der Waals surface area contributed by atoms with Crippen LogP contribution in [0.4, 0.5) is 5.69 Å². The zero-order valence-electron chi connectivity index (χ0n) is 37.5. The molecule has 2 saturated carbocycles. The summed E-state index contributed by atoms with van der Waals surface area (Å²) in [6.45, 7) is 12.7. The van der Waals surface area contributed by atoms with Gasteiger partial charge >= 0.3 is 0 Å². The number of carbonyl (C=O) groups excluding carboxylic acids is 5. The fourth-order valence-electron chi connectivity index (χ4n) is 10.8. The number of nitrogens with one attached hydrogen (secondary N) is 2. The normalized spacial score (nSPS) is 24.9. The number of ether oxygens (including phenoxy) is 4. The van der Waals surface area contributed by atoms with E-state index in [2.05, 4.69) is 54.2 Å². The van der Waals surface area contributed by atoms with Crippen molar-refractivity contribution >= 4 is 35.2 Å². The quantitative estimate of drug-likeness (QED) is 0.187. The van der Waals surface area contributed by atoms with Crippen LogP contribution in [-0.4, -0.2) is 117 Å². The first kappa shape index (κ1) is 44.6. The molecule has 0 aromatic heterocycles. The molecular formula is C49H58N6O9. The van der Waals surface area contributed by atoms with Crippen molar-refractivity contribution < 1.29 is 42.9 Å². The van der Waals surface area contributed by atoms with Gasteiger partial charge in [-0.15, -0.1) is 0 Å². The smallest absolute Gasteiger partial charge is 0.262 e. The van der Waals surface area contributed by atoms with Gasteiger partial charge in [-0.05, 0) is 79.8 Å². The number of benzene rings is 3. The number of hydrogen-bond acceptors (Lipinski definition) is 12. The summed E-state index contributed by atoms with van der Waals surface area (Å²) >= 11 is 0. The van der Waals surface area contributed by atoms with Gasteiger partial charge in [0.1, 0.15) is 41.6 Å². The third-order valence-corrected chi connectivity index (χ3v) is 14.1. The van der Waals surface area contributed by atoms with Crippen LogP contribution in [0.2, 0.25) is 0 Å². The molecule has 338 valence electrons. The van der Waals surface area contributed by atoms with Crippen LogP contribution in [0.3, 0.4) is 0 Å². The zero-order chi connectivity index (χ0) is 45.5. The molecule has 2 saturated heterocycles. The van der Waals surface area contributed by atoms with E-state index in [1.807, 2.05) is 24.3 Å². The summed E-state index contributed by atoms with van der Waals surface area (Å²) in [5.41, 5.74) is 1.87. The molecule has 2 aliphatic carbocycles. The van der Waals surface area contributed by atoms with Gasteiger partial charge in [-0.2, -0.15) is 5.26 Å². The average Bonchev–Trinajstić information content (AvgIpc) is 3.51. The van der Waals surface area contributed by atoms with Crippen molar-refractivity contribution in [1.29, 1.82) is 5.26 Å². The molecule has 5 aliphatic rings. The van der Waals surface area contributed by atoms with E-state index in [0.29, 0.717) is 46.9 Å². The predicted molar refractivity (Wildman–Crippen MR) is 236 cm³/mol. The molecule has 3 aliphatic heterocycles. The Labute approximate surface area is 374 Å². The Morgan fingerprint density at radius 3 is 2.20 bits per heavy atom. The Balaban J connectivity index is 0.802. The molecule has 1 atom stereocenters. The van der Waals surface area contributed by atoms with E-state index in [1.54, 1.807) is 43.5 Å². The van der Waals surface area contributed by atoms with E-state index in [1.165, 1.54) is 7.11 Å². The van der Waals surface area contributed by atoms with Gasteiger partial charge in [0.15, 0.2) is 0 Å². The Kier molecular flexibility index (Phi) is 12.5. The molecule has 4 fully saturated rings. The highest BCUT2D eigenvalue weighted by molar-refractivity contribution is 6.23. The topological polar surface area (TPSA) is 180 Å². The van der Waals surface area contributed by atoms with Crippen molar-refractivity contribution in [3.63, 3.8) is 0 Å². The molecule has 0 unspecified atom stereocenters. The van der Waals surface area contributed by atoms with Crippen molar-refractivity contribution in [3.8, 4) is 23.3 Å². The Morgan fingerprint density at radius 2 is 1.55 bits per heavy atom. The van der Waals surface area contributed by atoms with Gasteiger partial charge in [-0.1, -0.05) is 27.7 Å². The Hall–Kier alpha value is -5.98. The summed E-state index contributed by atoms with van der Waals surface area (Å²) in [5, 5.41) is 14.9. The van der Waals surface area contributed by atoms with Crippen molar-refractivity contribution in [2.75, 3.05) is 51.9 Å². The first-order chi connectivity index (χ1) is 30.6. The lowest BCUT2D eigenvalue weighted by molar-refractivity contribution is -0.164. The molecule has 15 nitrogen and oxygen atoms in total. The molecule has 8 rings (SSSR count). The van der Waals surface area contributed by atoms with Crippen molar-refractivity contribution in [2.24, 2.45) is 16.7 Å². The molecule has 5 amide bonds. The number of rotatable bonds is 15. The van der Waals surface area contributed by atoms with Crippen molar-refractivity contribution in [1.82, 2.24) is 20.4 Å². The number of imide groups is 2. The number of anilines is 1. The summed E-state index contributed by atoms with van der Waals surface area (Å²) in [4.78, 5) is 70.0. The minimum atomic E-state index is -1.01. The van der Waals surface area contributed by atoms with E-state index < -0.39 is 29.7 Å². The number of hydrogen-bond donors (Lipinski definition) is 2. The molecule has 3 aromatic carbocycles. The average molecular weight is 875 g/mol. The summed E-state index contributed by atoms with van der Waals surface area (Å²) in [6.07, 6.45) is 3.69. The minimum Gasteiger partial charge on any atom is -0.495 e. The maximum absolute atomic E-state index is 13.6. The lowest BCUT2D eigenvalue weighted by atomic mass is 9.49. The van der Waals surface area contributed by atoms with Crippen LogP contribution in [0.25, 0.3) is 0 Å². The number of nitriles is 1. The molecule has 0 spiro atoms. The van der Waals surface area contributed by atoms with Gasteiger partial charge in [-0.3, -0.25) is 39.1 Å². The Morgan fingerprint density at radius 1 is 0.875 bits per heavy atom. The third kappa shape index (κ3) is 8.53. The van der Waals surface area contributed by atoms with Crippen LogP contribution >= 0.6 is 0 Å². The fraction of sp³-hybridized carbons (Fsp3) is 0.510. The van der Waals surface area contributed by atoms with Crippen LogP contribution < -0.4 is 29.7 Å². The third-order valence-electron chi connectivity index (χ3n) is 14.1. The highest BCUT2D eigenvalue weighted by Gasteiger charge is 2.64. The Bertz CT molecular complexity index is 2330. The molecule has 64 heavy (non-hydrogen) atoms. The van der Waals surface area contributed by atoms with Gasteiger partial charge in [0.05, 0.1) is 30.4 Å². The molecule has 3 aromatic rings. The van der Waals surface area contributed by atoms with E-state index in [0.717, 1.165) is 62.4 Å². The summed E-state index contributed by atoms with van der Waals surface area (Å²) in [5.74, 6) is -0.142. The van der Waals surface area contributed by atoms with Gasteiger partial charge in [0.25, 0.3) is 17.7 Å². The van der Waals surface area contributed by atoms with Crippen LogP contribution in [0.15, 0.2) is 60.7 Å². The first-order valence-electron chi connectivity index (χ1n) is 22.3. The second-order valence-electron chi connectivity index (χ2n) is 19.0. The largest absolute Gasteiger partial charge is 0.495 e. The van der Waals surface area contributed by atoms with Crippen LogP contribution in [0.1, 0.15) is 103 Å². The summed E-state index contributed by atoms with van der Waals surface area (Å²) in [7, 11) is 3.25. The molecule has 15 heteroatoms. The SMILES string of the molecule is COCCN(CC1CCN(c2ccc(C(=O)NC3C(C)(C)C(Oc4ccc(C#N)c(OC)c4)C3(C)C)cc2)CC1)C1CC(Oc2ccc3c(c2)C(=O)N([C@@H]2CCC(=O)NC2=O)C3=O)C1. The lowest BCUT2D eigenvalue weighted by Crippen LogP contribution is -2.74. The number of amides is 5. The number of nitrogens with zero attached hydrogens (tertiary/aromatic N) is 4. The maximum atomic E-state index is 13.6. The first-order valence-corrected chi connectivity index (χ1v) is 22.3. The van der Waals surface area contributed by atoms with Gasteiger partial charge in [0.2, 0.25) is 11.8 Å². The zero-order valence-corrected chi connectivity index (χ0v) is 37.5. The standard InChI is InChI=1S/C49H58N6O9/c1-48(2)46(49(3,4)47(48)64-35-12-9-31(27-50)40(26-35)62-6)52-42(57)30-7-10-32(11-8-30)53-19-17-29(18-20-53)28-54(21-22-61-5)33-23-36(24-33)63-34-13-14-37-38(25-34)45(60)55(44(37)59)39-15-16-41(56)51-43(39)58/h7-14,25-26,29,33,36,39,46-47H,15-24,28H2,1-6H3,(H,52,57)(H,51,56,58)/t33?,36?,39-,46?,47?/m1/s1. The van der Waals surface area contributed by atoms with Gasteiger partial charge < -0.3 is 29.2 Å². The van der Waals surface area contributed by atoms with Crippen LogP contribution in [0, 0.1) is 28.1 Å². The van der Waals surface area contributed by atoms with E-state index in [9.17, 15) is 29.2 Å². The van der Waals surface area contributed by atoms with Crippen LogP contribution in [-0.2, 0) is 14.3 Å². The maximum Gasteiger partial charge on any atom is 0.262 e. The van der Waals surface area contributed by atoms with E-state index in [-0.39, 0.29) is 59.0 Å².